The van der Waals surface area contributed by atoms with E-state index < -0.39 is 0 Å². The second kappa shape index (κ2) is 10.4. The molecule has 156 valence electrons. The van der Waals surface area contributed by atoms with Gasteiger partial charge in [0.25, 0.3) is 0 Å². The van der Waals surface area contributed by atoms with Gasteiger partial charge in [0.15, 0.2) is 0 Å². The fraction of sp³-hybridized carbons (Fsp3) is 0.333. The van der Waals surface area contributed by atoms with Gasteiger partial charge in [0.2, 0.25) is 11.8 Å². The van der Waals surface area contributed by atoms with Crippen molar-refractivity contribution >= 4 is 11.8 Å². The number of carbonyl (C=O) groups is 2. The Labute approximate surface area is 170 Å². The zero-order valence-electron chi connectivity index (χ0n) is 16.7. The van der Waals surface area contributed by atoms with Gasteiger partial charge in [0.05, 0.1) is 26.1 Å². The summed E-state index contributed by atoms with van der Waals surface area (Å²) in [6, 6.07) is 15.6. The Bertz CT molecular complexity index is 737. The van der Waals surface area contributed by atoms with Crippen LogP contribution in [0.2, 0.25) is 0 Å². The molecule has 0 radical (unpaired) electrons. The molecule has 0 saturated heterocycles. The Kier molecular flexibility index (Phi) is 7.99. The third-order valence-corrected chi connectivity index (χ3v) is 4.67. The molecule has 0 unspecified atom stereocenters. The van der Waals surface area contributed by atoms with Crippen LogP contribution in [0.4, 0.5) is 0 Å². The molecule has 6 N–H and O–H groups in total. The van der Waals surface area contributed by atoms with E-state index in [-0.39, 0.29) is 43.3 Å². The molecule has 2 rings (SSSR count). The van der Waals surface area contributed by atoms with Crippen LogP contribution in [0.3, 0.4) is 0 Å². The highest BCUT2D eigenvalue weighted by atomic mass is 16.5. The number of ether oxygens (including phenoxy) is 2. The van der Waals surface area contributed by atoms with Crippen molar-refractivity contribution in [3.8, 4) is 11.5 Å². The van der Waals surface area contributed by atoms with E-state index in [9.17, 15) is 9.59 Å². The quantitative estimate of drug-likeness (QED) is 0.272. The molecule has 0 fully saturated rings. The summed E-state index contributed by atoms with van der Waals surface area (Å²) in [4.78, 5) is 22.2. The standard InChI is InChI=1S/C21H28N4O4/c1-21(2,15-3-7-17(8-4-15)28-13-11-19(26)24-22)16-5-9-18(10-6-16)29-14-12-20(27)25-23/h3-10H,11-14,22-23H2,1-2H3,(H,24,26)(H,25,27). The highest BCUT2D eigenvalue weighted by Crippen LogP contribution is 2.33. The summed E-state index contributed by atoms with van der Waals surface area (Å²) in [5, 5.41) is 0. The van der Waals surface area contributed by atoms with Gasteiger partial charge in [0, 0.05) is 5.41 Å². The molecular formula is C21H28N4O4. The second-order valence-electron chi connectivity index (χ2n) is 7.01. The van der Waals surface area contributed by atoms with Crippen molar-refractivity contribution in [2.24, 2.45) is 11.7 Å². The van der Waals surface area contributed by atoms with E-state index in [0.717, 1.165) is 11.1 Å². The van der Waals surface area contributed by atoms with E-state index in [1.807, 2.05) is 48.5 Å². The molecule has 29 heavy (non-hydrogen) atoms. The van der Waals surface area contributed by atoms with E-state index in [1.165, 1.54) is 0 Å². The first-order chi connectivity index (χ1) is 13.9. The number of rotatable bonds is 10. The third-order valence-electron chi connectivity index (χ3n) is 4.67. The molecule has 0 atom stereocenters. The van der Waals surface area contributed by atoms with E-state index in [2.05, 4.69) is 24.7 Å². The summed E-state index contributed by atoms with van der Waals surface area (Å²) in [6.45, 7) is 4.80. The first kappa shape index (κ1) is 22.2. The van der Waals surface area contributed by atoms with Crippen molar-refractivity contribution in [2.45, 2.75) is 32.1 Å². The molecule has 0 heterocycles. The Morgan fingerprint density at radius 1 is 0.759 bits per heavy atom. The van der Waals surface area contributed by atoms with Crippen LogP contribution in [0, 0.1) is 0 Å². The molecule has 0 aliphatic heterocycles. The summed E-state index contributed by atoms with van der Waals surface area (Å²) >= 11 is 0. The number of amides is 2. The van der Waals surface area contributed by atoms with Crippen LogP contribution in [-0.2, 0) is 15.0 Å². The lowest BCUT2D eigenvalue weighted by atomic mass is 9.78. The topological polar surface area (TPSA) is 129 Å². The Morgan fingerprint density at radius 2 is 1.10 bits per heavy atom. The van der Waals surface area contributed by atoms with Gasteiger partial charge in [-0.1, -0.05) is 38.1 Å². The smallest absolute Gasteiger partial charge is 0.237 e. The van der Waals surface area contributed by atoms with Gasteiger partial charge < -0.3 is 9.47 Å². The van der Waals surface area contributed by atoms with Crippen molar-refractivity contribution in [1.29, 1.82) is 0 Å². The van der Waals surface area contributed by atoms with Gasteiger partial charge in [0.1, 0.15) is 11.5 Å². The molecule has 0 spiro atoms. The predicted molar refractivity (Wildman–Crippen MR) is 110 cm³/mol. The van der Waals surface area contributed by atoms with Crippen LogP contribution in [0.15, 0.2) is 48.5 Å². The van der Waals surface area contributed by atoms with Crippen LogP contribution < -0.4 is 32.0 Å². The van der Waals surface area contributed by atoms with Crippen LogP contribution in [0.1, 0.15) is 37.8 Å². The van der Waals surface area contributed by atoms with Crippen molar-refractivity contribution in [3.05, 3.63) is 59.7 Å². The van der Waals surface area contributed by atoms with Crippen molar-refractivity contribution < 1.29 is 19.1 Å². The van der Waals surface area contributed by atoms with Gasteiger partial charge in [-0.05, 0) is 35.4 Å². The summed E-state index contributed by atoms with van der Waals surface area (Å²) in [6.07, 6.45) is 0.407. The lowest BCUT2D eigenvalue weighted by molar-refractivity contribution is -0.122. The lowest BCUT2D eigenvalue weighted by Crippen LogP contribution is -2.31. The molecule has 2 aromatic carbocycles. The van der Waals surface area contributed by atoms with E-state index >= 15 is 0 Å². The van der Waals surface area contributed by atoms with E-state index in [4.69, 9.17) is 21.2 Å². The van der Waals surface area contributed by atoms with Crippen molar-refractivity contribution in [2.75, 3.05) is 13.2 Å². The van der Waals surface area contributed by atoms with E-state index in [0.29, 0.717) is 11.5 Å². The fourth-order valence-electron chi connectivity index (χ4n) is 2.77. The number of hydrazine groups is 2. The molecule has 0 saturated carbocycles. The second-order valence-corrected chi connectivity index (χ2v) is 7.01. The fourth-order valence-corrected chi connectivity index (χ4v) is 2.77. The summed E-state index contributed by atoms with van der Waals surface area (Å²) in [5.74, 6) is 10.9. The van der Waals surface area contributed by atoms with E-state index in [1.54, 1.807) is 0 Å². The lowest BCUT2D eigenvalue weighted by Gasteiger charge is -2.26. The molecular weight excluding hydrogens is 372 g/mol. The van der Waals surface area contributed by atoms with Gasteiger partial charge in [-0.15, -0.1) is 0 Å². The largest absolute Gasteiger partial charge is 0.493 e. The molecule has 0 aromatic heterocycles. The number of benzene rings is 2. The SMILES string of the molecule is CC(C)(c1ccc(OCCC(=O)NN)cc1)c1ccc(OCCC(=O)NN)cc1. The minimum atomic E-state index is -0.266. The molecule has 8 nitrogen and oxygen atoms in total. The number of hydrogen-bond acceptors (Lipinski definition) is 6. The summed E-state index contributed by atoms with van der Waals surface area (Å²) in [7, 11) is 0. The average Bonchev–Trinajstić information content (AvgIpc) is 2.74. The molecule has 0 aliphatic rings. The number of carbonyl (C=O) groups excluding carboxylic acids is 2. The number of nitrogens with two attached hydrogens (primary N) is 2. The monoisotopic (exact) mass is 400 g/mol. The first-order valence-corrected chi connectivity index (χ1v) is 9.32. The minimum absolute atomic E-state index is 0.203. The average molecular weight is 400 g/mol. The molecule has 0 aliphatic carbocycles. The Hall–Kier alpha value is -3.10. The number of nitrogens with one attached hydrogen (secondary N) is 2. The van der Waals surface area contributed by atoms with Crippen LogP contribution >= 0.6 is 0 Å². The normalized spacial score (nSPS) is 10.9. The predicted octanol–water partition coefficient (Wildman–Crippen LogP) is 1.53. The number of hydrogen-bond donors (Lipinski definition) is 4. The van der Waals surface area contributed by atoms with Crippen LogP contribution in [0.25, 0.3) is 0 Å². The van der Waals surface area contributed by atoms with Gasteiger partial charge in [-0.2, -0.15) is 0 Å². The maximum Gasteiger partial charge on any atom is 0.237 e. The summed E-state index contributed by atoms with van der Waals surface area (Å²) in [5.41, 5.74) is 6.16. The Balaban J connectivity index is 1.96. The maximum absolute atomic E-state index is 11.1. The maximum atomic E-state index is 11.1. The van der Waals surface area contributed by atoms with Gasteiger partial charge >= 0.3 is 0 Å². The first-order valence-electron chi connectivity index (χ1n) is 9.32. The van der Waals surface area contributed by atoms with Gasteiger partial charge in [-0.25, -0.2) is 11.7 Å². The zero-order chi connectivity index (χ0) is 21.3. The highest BCUT2D eigenvalue weighted by molar-refractivity contribution is 5.75. The van der Waals surface area contributed by atoms with Crippen LogP contribution in [0.5, 0.6) is 11.5 Å². The van der Waals surface area contributed by atoms with Crippen molar-refractivity contribution in [1.82, 2.24) is 10.9 Å². The zero-order valence-corrected chi connectivity index (χ0v) is 16.7. The molecule has 2 aromatic rings. The highest BCUT2D eigenvalue weighted by Gasteiger charge is 2.23. The minimum Gasteiger partial charge on any atom is -0.493 e. The van der Waals surface area contributed by atoms with Crippen molar-refractivity contribution in [3.63, 3.8) is 0 Å². The summed E-state index contributed by atoms with van der Waals surface area (Å²) < 4.78 is 11.1. The Morgan fingerprint density at radius 3 is 1.41 bits per heavy atom. The molecule has 0 bridgehead atoms. The third kappa shape index (κ3) is 6.48. The van der Waals surface area contributed by atoms with Crippen LogP contribution in [-0.4, -0.2) is 25.0 Å². The molecule has 2 amide bonds. The van der Waals surface area contributed by atoms with Gasteiger partial charge in [-0.3, -0.25) is 20.4 Å². The molecule has 8 heteroatoms.